The minimum absolute atomic E-state index is 0.109. The highest BCUT2D eigenvalue weighted by molar-refractivity contribution is 6.29. The van der Waals surface area contributed by atoms with Crippen molar-refractivity contribution >= 4 is 23.4 Å². The van der Waals surface area contributed by atoms with Crippen molar-refractivity contribution in [1.29, 1.82) is 0 Å². The number of aryl methyl sites for hydroxylation is 1. The Bertz CT molecular complexity index is 597. The highest BCUT2D eigenvalue weighted by Gasteiger charge is 2.07. The van der Waals surface area contributed by atoms with Crippen LogP contribution < -0.4 is 5.32 Å². The molecule has 0 aliphatic rings. The van der Waals surface area contributed by atoms with Crippen LogP contribution in [-0.2, 0) is 6.54 Å². The Hall–Kier alpha value is -2.08. The molecule has 19 heavy (non-hydrogen) atoms. The van der Waals surface area contributed by atoms with Gasteiger partial charge in [-0.1, -0.05) is 11.6 Å². The number of aromatic nitrogens is 3. The Labute approximate surface area is 115 Å². The first-order valence-electron chi connectivity index (χ1n) is 5.68. The van der Waals surface area contributed by atoms with Crippen LogP contribution in [0.5, 0.6) is 0 Å². The fraction of sp³-hybridized carbons (Fsp3) is 0.250. The van der Waals surface area contributed by atoms with Crippen LogP contribution in [0.4, 0.5) is 5.82 Å². The second-order valence-corrected chi connectivity index (χ2v) is 4.46. The van der Waals surface area contributed by atoms with E-state index in [0.717, 1.165) is 5.56 Å². The fourth-order valence-electron chi connectivity index (χ4n) is 1.60. The summed E-state index contributed by atoms with van der Waals surface area (Å²) in [6.45, 7) is 3.20. The van der Waals surface area contributed by atoms with Gasteiger partial charge in [0.2, 0.25) is 0 Å². The van der Waals surface area contributed by atoms with Gasteiger partial charge in [-0.25, -0.2) is 9.78 Å². The van der Waals surface area contributed by atoms with Crippen LogP contribution in [-0.4, -0.2) is 32.4 Å². The summed E-state index contributed by atoms with van der Waals surface area (Å²) in [5.74, 6) is -0.594. The van der Waals surface area contributed by atoms with Gasteiger partial charge in [0.05, 0.1) is 18.3 Å². The Balaban J connectivity index is 1.97. The largest absolute Gasteiger partial charge is 0.478 e. The number of hydrogen-bond acceptors (Lipinski definition) is 4. The van der Waals surface area contributed by atoms with E-state index in [1.54, 1.807) is 10.9 Å². The predicted molar refractivity (Wildman–Crippen MR) is 71.7 cm³/mol. The zero-order valence-corrected chi connectivity index (χ0v) is 11.1. The van der Waals surface area contributed by atoms with Gasteiger partial charge in [0.25, 0.3) is 0 Å². The number of halogens is 1. The summed E-state index contributed by atoms with van der Waals surface area (Å²) < 4.78 is 1.80. The molecular formula is C12H13ClN4O2. The number of carboxylic acid groups (broad SMARTS) is 1. The number of hydrogen-bond donors (Lipinski definition) is 2. The van der Waals surface area contributed by atoms with Crippen LogP contribution in [0.2, 0.25) is 5.15 Å². The molecule has 0 atom stereocenters. The maximum atomic E-state index is 10.9. The summed E-state index contributed by atoms with van der Waals surface area (Å²) in [6, 6.07) is 2.76. The van der Waals surface area contributed by atoms with Crippen LogP contribution in [0, 0.1) is 6.92 Å². The molecule has 0 saturated heterocycles. The molecule has 2 aromatic heterocycles. The molecule has 0 bridgehead atoms. The number of rotatable bonds is 5. The summed E-state index contributed by atoms with van der Waals surface area (Å²) in [6.07, 6.45) is 3.70. The van der Waals surface area contributed by atoms with Crippen molar-refractivity contribution in [3.63, 3.8) is 0 Å². The molecule has 0 fully saturated rings. The number of anilines is 1. The lowest BCUT2D eigenvalue weighted by atomic mass is 10.2. The Morgan fingerprint density at radius 2 is 2.32 bits per heavy atom. The molecular weight excluding hydrogens is 268 g/mol. The van der Waals surface area contributed by atoms with Crippen molar-refractivity contribution < 1.29 is 9.90 Å². The van der Waals surface area contributed by atoms with Crippen molar-refractivity contribution in [2.45, 2.75) is 13.5 Å². The first-order valence-corrected chi connectivity index (χ1v) is 6.06. The topological polar surface area (TPSA) is 80.0 Å². The number of pyridine rings is 1. The van der Waals surface area contributed by atoms with E-state index >= 15 is 0 Å². The van der Waals surface area contributed by atoms with Crippen molar-refractivity contribution in [2.75, 3.05) is 11.9 Å². The normalized spacial score (nSPS) is 10.4. The van der Waals surface area contributed by atoms with Gasteiger partial charge < -0.3 is 10.4 Å². The van der Waals surface area contributed by atoms with Gasteiger partial charge in [-0.3, -0.25) is 4.68 Å². The SMILES string of the molecule is Cc1cnn(CCNc2cc(C(=O)O)cc(Cl)n2)c1. The molecule has 6 nitrogen and oxygen atoms in total. The second-order valence-electron chi connectivity index (χ2n) is 4.08. The third-order valence-electron chi connectivity index (χ3n) is 2.45. The lowest BCUT2D eigenvalue weighted by Crippen LogP contribution is -2.12. The maximum absolute atomic E-state index is 10.9. The van der Waals surface area contributed by atoms with E-state index < -0.39 is 5.97 Å². The first-order chi connectivity index (χ1) is 9.04. The smallest absolute Gasteiger partial charge is 0.335 e. The minimum Gasteiger partial charge on any atom is -0.478 e. The van der Waals surface area contributed by atoms with Gasteiger partial charge in [0.15, 0.2) is 0 Å². The van der Waals surface area contributed by atoms with Crippen LogP contribution in [0.25, 0.3) is 0 Å². The number of nitrogens with one attached hydrogen (secondary N) is 1. The maximum Gasteiger partial charge on any atom is 0.335 e. The van der Waals surface area contributed by atoms with E-state index in [1.807, 2.05) is 13.1 Å². The standard InChI is InChI=1S/C12H13ClN4O2/c1-8-6-15-17(7-8)3-2-14-11-5-9(12(18)19)4-10(13)16-11/h4-7H,2-3H2,1H3,(H,14,16)(H,18,19). The lowest BCUT2D eigenvalue weighted by molar-refractivity contribution is 0.0697. The van der Waals surface area contributed by atoms with Crippen LogP contribution in [0.3, 0.4) is 0 Å². The van der Waals surface area contributed by atoms with Crippen molar-refractivity contribution in [1.82, 2.24) is 14.8 Å². The Kier molecular flexibility index (Phi) is 4.01. The summed E-state index contributed by atoms with van der Waals surface area (Å²) in [5, 5.41) is 16.2. The molecule has 100 valence electrons. The number of carbonyl (C=O) groups is 1. The van der Waals surface area contributed by atoms with Crippen molar-refractivity contribution in [2.24, 2.45) is 0 Å². The average molecular weight is 281 g/mol. The summed E-state index contributed by atoms with van der Waals surface area (Å²) in [4.78, 5) is 14.9. The van der Waals surface area contributed by atoms with Crippen molar-refractivity contribution in [3.8, 4) is 0 Å². The highest BCUT2D eigenvalue weighted by atomic mass is 35.5. The van der Waals surface area contributed by atoms with E-state index in [9.17, 15) is 4.79 Å². The Morgan fingerprint density at radius 1 is 1.53 bits per heavy atom. The number of nitrogens with zero attached hydrogens (tertiary/aromatic N) is 3. The minimum atomic E-state index is -1.03. The molecule has 2 N–H and O–H groups in total. The zero-order chi connectivity index (χ0) is 13.8. The molecule has 0 aliphatic carbocycles. The predicted octanol–water partition coefficient (Wildman–Crippen LogP) is 2.05. The third-order valence-corrected chi connectivity index (χ3v) is 2.64. The van der Waals surface area contributed by atoms with Gasteiger partial charge in [0, 0.05) is 12.7 Å². The molecule has 0 aliphatic heterocycles. The monoisotopic (exact) mass is 280 g/mol. The molecule has 0 aromatic carbocycles. The average Bonchev–Trinajstić information content (AvgIpc) is 2.74. The first kappa shape index (κ1) is 13.4. The molecule has 2 rings (SSSR count). The van der Waals surface area contributed by atoms with Crippen LogP contribution >= 0.6 is 11.6 Å². The van der Waals surface area contributed by atoms with E-state index in [0.29, 0.717) is 18.9 Å². The van der Waals surface area contributed by atoms with Crippen molar-refractivity contribution in [3.05, 3.63) is 40.8 Å². The molecule has 2 aromatic rings. The number of carboxylic acids is 1. The van der Waals surface area contributed by atoms with Gasteiger partial charge in [0.1, 0.15) is 11.0 Å². The lowest BCUT2D eigenvalue weighted by Gasteiger charge is -2.07. The van der Waals surface area contributed by atoms with Gasteiger partial charge in [-0.2, -0.15) is 5.10 Å². The van der Waals surface area contributed by atoms with Crippen LogP contribution in [0.1, 0.15) is 15.9 Å². The molecule has 0 spiro atoms. The van der Waals surface area contributed by atoms with Gasteiger partial charge >= 0.3 is 5.97 Å². The fourth-order valence-corrected chi connectivity index (χ4v) is 1.81. The summed E-state index contributed by atoms with van der Waals surface area (Å²) in [7, 11) is 0. The third kappa shape index (κ3) is 3.69. The van der Waals surface area contributed by atoms with E-state index in [-0.39, 0.29) is 10.7 Å². The molecule has 0 amide bonds. The molecule has 0 unspecified atom stereocenters. The summed E-state index contributed by atoms with van der Waals surface area (Å²) >= 11 is 5.76. The zero-order valence-electron chi connectivity index (χ0n) is 10.3. The second kappa shape index (κ2) is 5.71. The van der Waals surface area contributed by atoms with E-state index in [2.05, 4.69) is 15.4 Å². The quantitative estimate of drug-likeness (QED) is 0.820. The van der Waals surface area contributed by atoms with Gasteiger partial charge in [-0.05, 0) is 24.6 Å². The van der Waals surface area contributed by atoms with Gasteiger partial charge in [-0.15, -0.1) is 0 Å². The van der Waals surface area contributed by atoms with E-state index in [4.69, 9.17) is 16.7 Å². The summed E-state index contributed by atoms with van der Waals surface area (Å²) in [5.41, 5.74) is 1.20. The molecule has 0 radical (unpaired) electrons. The highest BCUT2D eigenvalue weighted by Crippen LogP contribution is 2.14. The van der Waals surface area contributed by atoms with E-state index in [1.165, 1.54) is 12.1 Å². The molecule has 0 saturated carbocycles. The number of aromatic carboxylic acids is 1. The molecule has 2 heterocycles. The van der Waals surface area contributed by atoms with Crippen LogP contribution in [0.15, 0.2) is 24.5 Å². The Morgan fingerprint density at radius 3 is 2.95 bits per heavy atom. The molecule has 7 heteroatoms.